The number of para-hydroxylation sites is 1. The van der Waals surface area contributed by atoms with Crippen LogP contribution in [0.1, 0.15) is 17.0 Å². The minimum Gasteiger partial charge on any atom is -0.457 e. The van der Waals surface area contributed by atoms with Crippen molar-refractivity contribution in [1.82, 2.24) is 9.55 Å². The van der Waals surface area contributed by atoms with Crippen LogP contribution in [0.2, 0.25) is 0 Å². The van der Waals surface area contributed by atoms with Crippen LogP contribution in [0.25, 0.3) is 5.82 Å². The Bertz CT molecular complexity index is 1080. The molecule has 2 aromatic heterocycles. The SMILES string of the molecule is Cc1cc(C=Nc2ccc(Oc3ccccc3)cc2)c(C)n1-c1ccccn1. The lowest BCUT2D eigenvalue weighted by Gasteiger charge is -2.07. The van der Waals surface area contributed by atoms with E-state index in [0.29, 0.717) is 0 Å². The van der Waals surface area contributed by atoms with Crippen molar-refractivity contribution in [3.63, 3.8) is 0 Å². The van der Waals surface area contributed by atoms with Crippen molar-refractivity contribution >= 4 is 11.9 Å². The zero-order valence-electron chi connectivity index (χ0n) is 15.9. The van der Waals surface area contributed by atoms with Crippen LogP contribution in [-0.4, -0.2) is 15.8 Å². The molecule has 138 valence electrons. The minimum atomic E-state index is 0.790. The molecule has 0 fully saturated rings. The fourth-order valence-electron chi connectivity index (χ4n) is 3.13. The summed E-state index contributed by atoms with van der Waals surface area (Å²) in [6.45, 7) is 4.16. The normalized spacial score (nSPS) is 11.1. The number of benzene rings is 2. The quantitative estimate of drug-likeness (QED) is 0.404. The van der Waals surface area contributed by atoms with Crippen molar-refractivity contribution in [1.29, 1.82) is 0 Å². The zero-order valence-corrected chi connectivity index (χ0v) is 15.9. The molecule has 0 saturated heterocycles. The molecule has 0 N–H and O–H groups in total. The highest BCUT2D eigenvalue weighted by Gasteiger charge is 2.09. The molecule has 4 heteroatoms. The van der Waals surface area contributed by atoms with Crippen LogP contribution in [0.4, 0.5) is 5.69 Å². The maximum Gasteiger partial charge on any atom is 0.136 e. The molecule has 2 aromatic carbocycles. The molecule has 28 heavy (non-hydrogen) atoms. The van der Waals surface area contributed by atoms with E-state index in [4.69, 9.17) is 4.74 Å². The van der Waals surface area contributed by atoms with Gasteiger partial charge >= 0.3 is 0 Å². The molecule has 0 aliphatic carbocycles. The fourth-order valence-corrected chi connectivity index (χ4v) is 3.13. The van der Waals surface area contributed by atoms with Gasteiger partial charge in [0, 0.05) is 29.4 Å². The maximum atomic E-state index is 5.82. The van der Waals surface area contributed by atoms with E-state index in [1.807, 2.05) is 79.0 Å². The summed E-state index contributed by atoms with van der Waals surface area (Å²) in [6, 6.07) is 25.5. The summed E-state index contributed by atoms with van der Waals surface area (Å²) in [4.78, 5) is 9.07. The Morgan fingerprint density at radius 2 is 1.57 bits per heavy atom. The average Bonchev–Trinajstić information content (AvgIpc) is 3.02. The number of nitrogens with zero attached hydrogens (tertiary/aromatic N) is 3. The Hall–Kier alpha value is -3.66. The monoisotopic (exact) mass is 367 g/mol. The van der Waals surface area contributed by atoms with Gasteiger partial charge in [-0.05, 0) is 68.4 Å². The van der Waals surface area contributed by atoms with E-state index < -0.39 is 0 Å². The first-order valence-electron chi connectivity index (χ1n) is 9.18. The van der Waals surface area contributed by atoms with Gasteiger partial charge in [0.2, 0.25) is 0 Å². The van der Waals surface area contributed by atoms with E-state index in [-0.39, 0.29) is 0 Å². The summed E-state index contributed by atoms with van der Waals surface area (Å²) >= 11 is 0. The van der Waals surface area contributed by atoms with Crippen molar-refractivity contribution in [3.8, 4) is 17.3 Å². The van der Waals surface area contributed by atoms with E-state index in [2.05, 4.69) is 34.5 Å². The fraction of sp³-hybridized carbons (Fsp3) is 0.0833. The molecule has 4 aromatic rings. The van der Waals surface area contributed by atoms with E-state index in [1.54, 1.807) is 6.20 Å². The van der Waals surface area contributed by atoms with E-state index in [9.17, 15) is 0 Å². The van der Waals surface area contributed by atoms with E-state index in [0.717, 1.165) is 40.0 Å². The first kappa shape index (κ1) is 17.7. The minimum absolute atomic E-state index is 0.790. The van der Waals surface area contributed by atoms with Crippen LogP contribution in [0.5, 0.6) is 11.5 Å². The third-order valence-electron chi connectivity index (χ3n) is 4.52. The topological polar surface area (TPSA) is 39.4 Å². The summed E-state index contributed by atoms with van der Waals surface area (Å²) in [6.07, 6.45) is 3.70. The number of rotatable bonds is 5. The first-order chi connectivity index (χ1) is 13.7. The zero-order chi connectivity index (χ0) is 19.3. The van der Waals surface area contributed by atoms with Gasteiger partial charge in [-0.3, -0.25) is 4.99 Å². The van der Waals surface area contributed by atoms with Gasteiger partial charge in [-0.15, -0.1) is 0 Å². The predicted octanol–water partition coefficient (Wildman–Crippen LogP) is 6.03. The Labute approximate surface area is 164 Å². The molecule has 0 atom stereocenters. The molecule has 0 aliphatic heterocycles. The van der Waals surface area contributed by atoms with Gasteiger partial charge in [0.25, 0.3) is 0 Å². The number of pyridine rings is 1. The predicted molar refractivity (Wildman–Crippen MR) is 113 cm³/mol. The molecular formula is C24H21N3O. The number of aliphatic imine (C=N–C) groups is 1. The number of hydrogen-bond acceptors (Lipinski definition) is 3. The lowest BCUT2D eigenvalue weighted by molar-refractivity contribution is 0.483. The average molecular weight is 367 g/mol. The molecule has 4 rings (SSSR count). The molecule has 0 radical (unpaired) electrons. The number of ether oxygens (including phenoxy) is 1. The van der Waals surface area contributed by atoms with Crippen LogP contribution in [0.3, 0.4) is 0 Å². The number of aromatic nitrogens is 2. The molecule has 0 unspecified atom stereocenters. The Morgan fingerprint density at radius 1 is 0.857 bits per heavy atom. The standard InChI is InChI=1S/C24H21N3O/c1-18-16-20(19(2)27(18)24-10-6-7-15-25-24)17-26-21-11-13-23(14-12-21)28-22-8-4-3-5-9-22/h3-17H,1-2H3. The van der Waals surface area contributed by atoms with Crippen LogP contribution in [0.15, 0.2) is 90.1 Å². The number of aryl methyl sites for hydroxylation is 1. The Morgan fingerprint density at radius 3 is 2.29 bits per heavy atom. The highest BCUT2D eigenvalue weighted by Crippen LogP contribution is 2.24. The van der Waals surface area contributed by atoms with Crippen LogP contribution >= 0.6 is 0 Å². The second-order valence-corrected chi connectivity index (χ2v) is 6.52. The van der Waals surface area contributed by atoms with E-state index >= 15 is 0 Å². The molecule has 0 aliphatic rings. The highest BCUT2D eigenvalue weighted by molar-refractivity contribution is 5.84. The highest BCUT2D eigenvalue weighted by atomic mass is 16.5. The largest absolute Gasteiger partial charge is 0.457 e. The summed E-state index contributed by atoms with van der Waals surface area (Å²) in [5.41, 5.74) is 4.20. The van der Waals surface area contributed by atoms with Crippen molar-refractivity contribution < 1.29 is 4.74 Å². The Balaban J connectivity index is 1.52. The van der Waals surface area contributed by atoms with Gasteiger partial charge in [-0.25, -0.2) is 4.98 Å². The molecule has 0 saturated carbocycles. The summed E-state index contributed by atoms with van der Waals surface area (Å²) < 4.78 is 7.96. The van der Waals surface area contributed by atoms with Crippen molar-refractivity contribution in [2.75, 3.05) is 0 Å². The number of hydrogen-bond donors (Lipinski definition) is 0. The van der Waals surface area contributed by atoms with Crippen LogP contribution < -0.4 is 4.74 Å². The Kier molecular flexibility index (Phi) is 5.02. The summed E-state index contributed by atoms with van der Waals surface area (Å²) in [5.74, 6) is 2.53. The smallest absolute Gasteiger partial charge is 0.136 e. The lowest BCUT2D eigenvalue weighted by Crippen LogP contribution is -2.01. The van der Waals surface area contributed by atoms with Gasteiger partial charge in [-0.2, -0.15) is 0 Å². The van der Waals surface area contributed by atoms with Gasteiger partial charge in [-0.1, -0.05) is 24.3 Å². The molecule has 2 heterocycles. The third kappa shape index (κ3) is 3.86. The van der Waals surface area contributed by atoms with Crippen molar-refractivity contribution in [3.05, 3.63) is 102 Å². The van der Waals surface area contributed by atoms with Gasteiger partial charge in [0.15, 0.2) is 0 Å². The van der Waals surface area contributed by atoms with Crippen molar-refractivity contribution in [2.24, 2.45) is 4.99 Å². The van der Waals surface area contributed by atoms with Gasteiger partial charge < -0.3 is 9.30 Å². The lowest BCUT2D eigenvalue weighted by atomic mass is 10.2. The molecule has 4 nitrogen and oxygen atoms in total. The molecule has 0 bridgehead atoms. The van der Waals surface area contributed by atoms with Crippen LogP contribution in [-0.2, 0) is 0 Å². The van der Waals surface area contributed by atoms with Crippen LogP contribution in [0, 0.1) is 13.8 Å². The van der Waals surface area contributed by atoms with E-state index in [1.165, 1.54) is 0 Å². The van der Waals surface area contributed by atoms with Gasteiger partial charge in [0.1, 0.15) is 17.3 Å². The maximum absolute atomic E-state index is 5.82. The first-order valence-corrected chi connectivity index (χ1v) is 9.18. The molecule has 0 spiro atoms. The summed E-state index contributed by atoms with van der Waals surface area (Å²) in [5, 5.41) is 0. The molecular weight excluding hydrogens is 346 g/mol. The van der Waals surface area contributed by atoms with Crippen molar-refractivity contribution in [2.45, 2.75) is 13.8 Å². The third-order valence-corrected chi connectivity index (χ3v) is 4.52. The molecule has 0 amide bonds. The van der Waals surface area contributed by atoms with Gasteiger partial charge in [0.05, 0.1) is 5.69 Å². The summed E-state index contributed by atoms with van der Waals surface area (Å²) in [7, 11) is 0. The second kappa shape index (κ2) is 7.92. The second-order valence-electron chi connectivity index (χ2n) is 6.52.